The smallest absolute Gasteiger partial charge is 0.261 e. The van der Waals surface area contributed by atoms with Gasteiger partial charge >= 0.3 is 0 Å². The second kappa shape index (κ2) is 3.72. The monoisotopic (exact) mass is 183 g/mol. The largest absolute Gasteiger partial charge is 0.352 e. The van der Waals surface area contributed by atoms with E-state index in [1.54, 1.807) is 11.3 Å². The van der Waals surface area contributed by atoms with Gasteiger partial charge in [-0.1, -0.05) is 0 Å². The summed E-state index contributed by atoms with van der Waals surface area (Å²) in [5, 5.41) is 2.79. The van der Waals surface area contributed by atoms with Crippen molar-refractivity contribution in [3.63, 3.8) is 0 Å². The molecule has 0 spiro atoms. The predicted molar refractivity (Wildman–Crippen MR) is 51.8 cm³/mol. The van der Waals surface area contributed by atoms with Gasteiger partial charge in [0.1, 0.15) is 0 Å². The number of carbonyl (C=O) groups excluding carboxylic acids is 1. The van der Waals surface area contributed by atoms with Crippen LogP contribution in [0, 0.1) is 13.8 Å². The Balaban J connectivity index is 2.87. The van der Waals surface area contributed by atoms with Gasteiger partial charge in [0.25, 0.3) is 5.91 Å². The number of nitrogens with one attached hydrogen (secondary N) is 1. The van der Waals surface area contributed by atoms with Crippen LogP contribution in [0.3, 0.4) is 0 Å². The minimum atomic E-state index is 0.0492. The van der Waals surface area contributed by atoms with Crippen molar-refractivity contribution in [1.82, 2.24) is 5.32 Å². The van der Waals surface area contributed by atoms with Gasteiger partial charge in [0.05, 0.1) is 4.88 Å². The molecule has 0 aliphatic carbocycles. The number of aryl methyl sites for hydroxylation is 2. The average molecular weight is 183 g/mol. The highest BCUT2D eigenvalue weighted by molar-refractivity contribution is 7.14. The Morgan fingerprint density at radius 2 is 2.25 bits per heavy atom. The molecule has 66 valence electrons. The summed E-state index contributed by atoms with van der Waals surface area (Å²) in [6, 6.07) is 2.04. The van der Waals surface area contributed by atoms with E-state index >= 15 is 0 Å². The van der Waals surface area contributed by atoms with Gasteiger partial charge in [-0.25, -0.2) is 0 Å². The first-order valence-electron chi connectivity index (χ1n) is 4.00. The van der Waals surface area contributed by atoms with Crippen LogP contribution in [0.2, 0.25) is 0 Å². The normalized spacial score (nSPS) is 9.92. The Bertz CT molecular complexity index is 291. The molecular weight excluding hydrogens is 170 g/mol. The third kappa shape index (κ3) is 1.85. The van der Waals surface area contributed by atoms with E-state index in [2.05, 4.69) is 5.32 Å². The molecule has 0 aliphatic rings. The highest BCUT2D eigenvalue weighted by Gasteiger charge is 2.10. The third-order valence-corrected chi connectivity index (χ3v) is 2.74. The average Bonchev–Trinajstić information content (AvgIpc) is 2.30. The highest BCUT2D eigenvalue weighted by Crippen LogP contribution is 2.20. The van der Waals surface area contributed by atoms with Crippen molar-refractivity contribution in [3.05, 3.63) is 21.4 Å². The zero-order valence-corrected chi connectivity index (χ0v) is 8.42. The number of rotatable bonds is 2. The van der Waals surface area contributed by atoms with E-state index in [0.29, 0.717) is 6.54 Å². The van der Waals surface area contributed by atoms with Crippen LogP contribution in [0.15, 0.2) is 6.07 Å². The summed E-state index contributed by atoms with van der Waals surface area (Å²) in [4.78, 5) is 13.4. The van der Waals surface area contributed by atoms with Gasteiger partial charge in [0.2, 0.25) is 0 Å². The topological polar surface area (TPSA) is 29.1 Å². The lowest BCUT2D eigenvalue weighted by molar-refractivity contribution is 0.0959. The first kappa shape index (κ1) is 9.26. The second-order valence-electron chi connectivity index (χ2n) is 2.73. The highest BCUT2D eigenvalue weighted by atomic mass is 32.1. The standard InChI is InChI=1S/C9H13NOS/c1-4-10-9(11)8-6(2)5-7(3)12-8/h5H,4H2,1-3H3,(H,10,11). The van der Waals surface area contributed by atoms with Gasteiger partial charge in [-0.05, 0) is 32.4 Å². The molecule has 1 amide bonds. The summed E-state index contributed by atoms with van der Waals surface area (Å²) in [5.74, 6) is 0.0492. The van der Waals surface area contributed by atoms with E-state index in [-0.39, 0.29) is 5.91 Å². The van der Waals surface area contributed by atoms with Gasteiger partial charge < -0.3 is 5.32 Å². The molecule has 1 rings (SSSR count). The Morgan fingerprint density at radius 3 is 2.67 bits per heavy atom. The van der Waals surface area contributed by atoms with Crippen LogP contribution in [-0.2, 0) is 0 Å². The molecule has 0 aliphatic heterocycles. The van der Waals surface area contributed by atoms with Crippen LogP contribution in [0.5, 0.6) is 0 Å². The summed E-state index contributed by atoms with van der Waals surface area (Å²) in [5.41, 5.74) is 1.07. The van der Waals surface area contributed by atoms with E-state index in [4.69, 9.17) is 0 Å². The van der Waals surface area contributed by atoms with Gasteiger partial charge in [-0.15, -0.1) is 11.3 Å². The molecule has 1 heterocycles. The number of thiophene rings is 1. The van der Waals surface area contributed by atoms with Crippen molar-refractivity contribution in [2.75, 3.05) is 6.54 Å². The Kier molecular flexibility index (Phi) is 2.87. The lowest BCUT2D eigenvalue weighted by Gasteiger charge is -1.98. The fourth-order valence-corrected chi connectivity index (χ4v) is 2.05. The molecule has 1 aromatic heterocycles. The fourth-order valence-electron chi connectivity index (χ4n) is 1.11. The molecule has 0 atom stereocenters. The first-order chi connectivity index (χ1) is 5.65. The lowest BCUT2D eigenvalue weighted by atomic mass is 10.2. The number of hydrogen-bond donors (Lipinski definition) is 1. The van der Waals surface area contributed by atoms with Gasteiger partial charge in [-0.2, -0.15) is 0 Å². The van der Waals surface area contributed by atoms with E-state index in [1.807, 2.05) is 26.8 Å². The summed E-state index contributed by atoms with van der Waals surface area (Å²) in [7, 11) is 0. The van der Waals surface area contributed by atoms with E-state index in [9.17, 15) is 4.79 Å². The fraction of sp³-hybridized carbons (Fsp3) is 0.444. The van der Waals surface area contributed by atoms with E-state index in [0.717, 1.165) is 10.4 Å². The van der Waals surface area contributed by atoms with E-state index in [1.165, 1.54) is 4.88 Å². The van der Waals surface area contributed by atoms with Crippen LogP contribution < -0.4 is 5.32 Å². The number of carbonyl (C=O) groups is 1. The quantitative estimate of drug-likeness (QED) is 0.747. The van der Waals surface area contributed by atoms with Gasteiger partial charge in [-0.3, -0.25) is 4.79 Å². The Labute approximate surface area is 76.6 Å². The molecule has 3 heteroatoms. The molecule has 0 radical (unpaired) electrons. The van der Waals surface area contributed by atoms with Crippen molar-refractivity contribution < 1.29 is 4.79 Å². The molecule has 0 bridgehead atoms. The van der Waals surface area contributed by atoms with Gasteiger partial charge in [0.15, 0.2) is 0 Å². The maximum Gasteiger partial charge on any atom is 0.261 e. The van der Waals surface area contributed by atoms with Crippen LogP contribution in [0.1, 0.15) is 27.0 Å². The van der Waals surface area contributed by atoms with Crippen LogP contribution in [-0.4, -0.2) is 12.5 Å². The molecule has 1 N–H and O–H groups in total. The Hall–Kier alpha value is -0.830. The molecule has 0 unspecified atom stereocenters. The minimum Gasteiger partial charge on any atom is -0.352 e. The molecular formula is C9H13NOS. The summed E-state index contributed by atoms with van der Waals surface area (Å²) < 4.78 is 0. The Morgan fingerprint density at radius 1 is 1.58 bits per heavy atom. The van der Waals surface area contributed by atoms with Crippen molar-refractivity contribution in [2.24, 2.45) is 0 Å². The number of amides is 1. The summed E-state index contributed by atoms with van der Waals surface area (Å²) in [6.07, 6.45) is 0. The molecule has 0 saturated heterocycles. The van der Waals surface area contributed by atoms with Crippen molar-refractivity contribution in [2.45, 2.75) is 20.8 Å². The van der Waals surface area contributed by atoms with Gasteiger partial charge in [0, 0.05) is 11.4 Å². The lowest BCUT2D eigenvalue weighted by Crippen LogP contribution is -2.22. The minimum absolute atomic E-state index is 0.0492. The van der Waals surface area contributed by atoms with Crippen LogP contribution in [0.25, 0.3) is 0 Å². The molecule has 2 nitrogen and oxygen atoms in total. The summed E-state index contributed by atoms with van der Waals surface area (Å²) >= 11 is 1.55. The molecule has 1 aromatic rings. The molecule has 0 aromatic carbocycles. The maximum absolute atomic E-state index is 11.4. The van der Waals surface area contributed by atoms with Crippen LogP contribution in [0.4, 0.5) is 0 Å². The molecule has 12 heavy (non-hydrogen) atoms. The maximum atomic E-state index is 11.4. The zero-order valence-electron chi connectivity index (χ0n) is 7.60. The van der Waals surface area contributed by atoms with Crippen LogP contribution >= 0.6 is 11.3 Å². The van der Waals surface area contributed by atoms with E-state index < -0.39 is 0 Å². The predicted octanol–water partition coefficient (Wildman–Crippen LogP) is 2.11. The molecule has 0 fully saturated rings. The molecule has 0 saturated carbocycles. The first-order valence-corrected chi connectivity index (χ1v) is 4.82. The zero-order chi connectivity index (χ0) is 9.14. The SMILES string of the molecule is CCNC(=O)c1sc(C)cc1C. The third-order valence-electron chi connectivity index (χ3n) is 1.58. The van der Waals surface area contributed by atoms with Crippen molar-refractivity contribution >= 4 is 17.2 Å². The van der Waals surface area contributed by atoms with Crippen molar-refractivity contribution in [3.8, 4) is 0 Å². The summed E-state index contributed by atoms with van der Waals surface area (Å²) in [6.45, 7) is 6.59. The van der Waals surface area contributed by atoms with Crippen molar-refractivity contribution in [1.29, 1.82) is 0 Å². The number of hydrogen-bond acceptors (Lipinski definition) is 2. The second-order valence-corrected chi connectivity index (χ2v) is 3.98.